The predicted octanol–water partition coefficient (Wildman–Crippen LogP) is 5.18. The summed E-state index contributed by atoms with van der Waals surface area (Å²) in [5.41, 5.74) is 1.05. The number of nitrogens with zero attached hydrogens (tertiary/aromatic N) is 1. The molecule has 17 heavy (non-hydrogen) atoms. The summed E-state index contributed by atoms with van der Waals surface area (Å²) in [7, 11) is 0. The van der Waals surface area contributed by atoms with E-state index in [4.69, 9.17) is 23.2 Å². The van der Waals surface area contributed by atoms with E-state index in [0.717, 1.165) is 29.8 Å². The third kappa shape index (κ3) is 2.94. The molecule has 1 fully saturated rings. The van der Waals surface area contributed by atoms with E-state index in [2.05, 4.69) is 6.07 Å². The van der Waals surface area contributed by atoms with Crippen LogP contribution in [0.3, 0.4) is 0 Å². The van der Waals surface area contributed by atoms with E-state index >= 15 is 0 Å². The number of nitriles is 1. The van der Waals surface area contributed by atoms with Crippen LogP contribution in [-0.2, 0) is 0 Å². The molecule has 0 saturated heterocycles. The van der Waals surface area contributed by atoms with E-state index in [9.17, 15) is 5.26 Å². The maximum absolute atomic E-state index is 9.28. The van der Waals surface area contributed by atoms with Gasteiger partial charge in [-0.1, -0.05) is 42.5 Å². The van der Waals surface area contributed by atoms with Crippen LogP contribution in [0.15, 0.2) is 18.2 Å². The van der Waals surface area contributed by atoms with Crippen molar-refractivity contribution in [3.8, 4) is 6.07 Å². The van der Waals surface area contributed by atoms with Gasteiger partial charge in [0.25, 0.3) is 0 Å². The molecule has 0 bridgehead atoms. The quantitative estimate of drug-likeness (QED) is 0.643. The third-order valence-corrected chi connectivity index (χ3v) is 4.12. The topological polar surface area (TPSA) is 23.8 Å². The fourth-order valence-corrected chi connectivity index (χ4v) is 3.07. The van der Waals surface area contributed by atoms with Gasteiger partial charge >= 0.3 is 0 Å². The molecule has 1 saturated carbocycles. The zero-order valence-corrected chi connectivity index (χ0v) is 11.1. The van der Waals surface area contributed by atoms with E-state index in [1.54, 1.807) is 6.07 Å². The first-order valence-corrected chi connectivity index (χ1v) is 6.82. The molecule has 2 unspecified atom stereocenters. The Bertz CT molecular complexity index is 436. The molecule has 1 aromatic carbocycles. The lowest BCUT2D eigenvalue weighted by molar-refractivity contribution is 0.490. The summed E-state index contributed by atoms with van der Waals surface area (Å²) in [5, 5.41) is 10.7. The molecule has 1 nitrogen and oxygen atoms in total. The highest BCUT2D eigenvalue weighted by atomic mass is 35.5. The molecule has 2 atom stereocenters. The van der Waals surface area contributed by atoms with Gasteiger partial charge in [-0.05, 0) is 36.6 Å². The van der Waals surface area contributed by atoms with Crippen LogP contribution in [0, 0.1) is 17.2 Å². The van der Waals surface area contributed by atoms with Crippen molar-refractivity contribution in [2.24, 2.45) is 5.92 Å². The van der Waals surface area contributed by atoms with Crippen LogP contribution in [0.5, 0.6) is 0 Å². The Morgan fingerprint density at radius 1 is 1.12 bits per heavy atom. The first-order valence-electron chi connectivity index (χ1n) is 6.07. The average molecular weight is 268 g/mol. The van der Waals surface area contributed by atoms with Crippen molar-refractivity contribution in [3.05, 3.63) is 33.8 Å². The predicted molar refractivity (Wildman–Crippen MR) is 71.4 cm³/mol. The van der Waals surface area contributed by atoms with Gasteiger partial charge < -0.3 is 0 Å². The van der Waals surface area contributed by atoms with Gasteiger partial charge in [0.15, 0.2) is 0 Å². The molecule has 0 heterocycles. The van der Waals surface area contributed by atoms with Crippen molar-refractivity contribution in [2.75, 3.05) is 0 Å². The molecule has 3 heteroatoms. The zero-order valence-electron chi connectivity index (χ0n) is 9.63. The molecule has 0 aromatic heterocycles. The van der Waals surface area contributed by atoms with E-state index in [1.807, 2.05) is 12.1 Å². The van der Waals surface area contributed by atoms with Crippen LogP contribution in [0.25, 0.3) is 0 Å². The van der Waals surface area contributed by atoms with Crippen LogP contribution < -0.4 is 0 Å². The number of hydrogen-bond donors (Lipinski definition) is 0. The third-order valence-electron chi connectivity index (χ3n) is 3.54. The lowest BCUT2D eigenvalue weighted by Gasteiger charge is -2.21. The molecule has 1 aliphatic rings. The van der Waals surface area contributed by atoms with E-state index in [0.29, 0.717) is 5.02 Å². The van der Waals surface area contributed by atoms with Crippen LogP contribution in [0.2, 0.25) is 10.0 Å². The summed E-state index contributed by atoms with van der Waals surface area (Å²) >= 11 is 12.3. The Balaban J connectivity index is 2.35. The minimum atomic E-state index is 0.0773. The first-order chi connectivity index (χ1) is 8.22. The molecular formula is C14H15Cl2N. The fraction of sp³-hybridized carbons (Fsp3) is 0.500. The normalized spacial score (nSPS) is 25.0. The Morgan fingerprint density at radius 2 is 1.88 bits per heavy atom. The smallest absolute Gasteiger partial charge is 0.0662 e. The Kier molecular flexibility index (Phi) is 4.31. The summed E-state index contributed by atoms with van der Waals surface area (Å²) in [6.07, 6.45) is 5.55. The summed E-state index contributed by atoms with van der Waals surface area (Å²) in [5.74, 6) is 0.321. The van der Waals surface area contributed by atoms with Gasteiger partial charge in [-0.2, -0.15) is 5.26 Å². The minimum absolute atomic E-state index is 0.0773. The SMILES string of the molecule is N#CC1CCCCCC1c1cc(Cl)ccc1Cl. The maximum atomic E-state index is 9.28. The van der Waals surface area contributed by atoms with Gasteiger partial charge in [0.05, 0.1) is 12.0 Å². The summed E-state index contributed by atoms with van der Waals surface area (Å²) < 4.78 is 0. The number of rotatable bonds is 1. The molecule has 0 aliphatic heterocycles. The summed E-state index contributed by atoms with van der Waals surface area (Å²) in [6.45, 7) is 0. The molecule has 1 aliphatic carbocycles. The lowest BCUT2D eigenvalue weighted by Crippen LogP contribution is -2.10. The fourth-order valence-electron chi connectivity index (χ4n) is 2.63. The van der Waals surface area contributed by atoms with Crippen molar-refractivity contribution < 1.29 is 0 Å². The molecule has 90 valence electrons. The monoisotopic (exact) mass is 267 g/mol. The highest BCUT2D eigenvalue weighted by molar-refractivity contribution is 6.33. The van der Waals surface area contributed by atoms with Crippen LogP contribution in [0.4, 0.5) is 0 Å². The van der Waals surface area contributed by atoms with Crippen LogP contribution >= 0.6 is 23.2 Å². The second-order valence-electron chi connectivity index (χ2n) is 4.65. The summed E-state index contributed by atoms with van der Waals surface area (Å²) in [6, 6.07) is 7.99. The molecule has 0 spiro atoms. The molecule has 1 aromatic rings. The first kappa shape index (κ1) is 12.7. The second-order valence-corrected chi connectivity index (χ2v) is 5.49. The van der Waals surface area contributed by atoms with Crippen molar-refractivity contribution in [1.82, 2.24) is 0 Å². The van der Waals surface area contributed by atoms with Gasteiger partial charge in [-0.15, -0.1) is 0 Å². The number of halogens is 2. The standard InChI is InChI=1S/C14H15Cl2N/c15-11-6-7-14(16)13(8-11)12-5-3-1-2-4-10(12)9-17/h6-8,10,12H,1-5H2. The Morgan fingerprint density at radius 3 is 2.65 bits per heavy atom. The van der Waals surface area contributed by atoms with Crippen LogP contribution in [-0.4, -0.2) is 0 Å². The Hall–Kier alpha value is -0.710. The zero-order chi connectivity index (χ0) is 12.3. The molecule has 0 amide bonds. The van der Waals surface area contributed by atoms with Gasteiger partial charge in [0.1, 0.15) is 0 Å². The van der Waals surface area contributed by atoms with Gasteiger partial charge in [0, 0.05) is 16.0 Å². The van der Waals surface area contributed by atoms with E-state index in [-0.39, 0.29) is 11.8 Å². The minimum Gasteiger partial charge on any atom is -0.198 e. The highest BCUT2D eigenvalue weighted by Crippen LogP contribution is 2.40. The molecular weight excluding hydrogens is 253 g/mol. The average Bonchev–Trinajstić information content (AvgIpc) is 2.57. The van der Waals surface area contributed by atoms with Crippen molar-refractivity contribution in [1.29, 1.82) is 5.26 Å². The van der Waals surface area contributed by atoms with E-state index in [1.165, 1.54) is 12.8 Å². The lowest BCUT2D eigenvalue weighted by atomic mass is 9.83. The summed E-state index contributed by atoms with van der Waals surface area (Å²) in [4.78, 5) is 0. The van der Waals surface area contributed by atoms with Gasteiger partial charge in [-0.25, -0.2) is 0 Å². The molecule has 2 rings (SSSR count). The second kappa shape index (κ2) is 5.76. The molecule has 0 N–H and O–H groups in total. The van der Waals surface area contributed by atoms with Crippen molar-refractivity contribution >= 4 is 23.2 Å². The molecule has 0 radical (unpaired) electrons. The largest absolute Gasteiger partial charge is 0.198 e. The number of benzene rings is 1. The Labute approximate surface area is 112 Å². The van der Waals surface area contributed by atoms with E-state index < -0.39 is 0 Å². The number of hydrogen-bond acceptors (Lipinski definition) is 1. The van der Waals surface area contributed by atoms with Crippen molar-refractivity contribution in [3.63, 3.8) is 0 Å². The van der Waals surface area contributed by atoms with Gasteiger partial charge in [-0.3, -0.25) is 0 Å². The van der Waals surface area contributed by atoms with Gasteiger partial charge in [0.2, 0.25) is 0 Å². The van der Waals surface area contributed by atoms with Crippen LogP contribution in [0.1, 0.15) is 43.6 Å². The highest BCUT2D eigenvalue weighted by Gasteiger charge is 2.26. The maximum Gasteiger partial charge on any atom is 0.0662 e. The van der Waals surface area contributed by atoms with Crippen molar-refractivity contribution in [2.45, 2.75) is 38.0 Å².